The molecule has 0 radical (unpaired) electrons. The topological polar surface area (TPSA) is 21.7 Å². The van der Waals surface area contributed by atoms with E-state index in [-0.39, 0.29) is 0 Å². The summed E-state index contributed by atoms with van der Waals surface area (Å²) < 4.78 is 10.9. The molecule has 0 aromatic carbocycles. The van der Waals surface area contributed by atoms with Crippen LogP contribution in [0.15, 0.2) is 0 Å². The SMILES string of the molecule is COC1CCC2C1OCN2C. The summed E-state index contributed by atoms with van der Waals surface area (Å²) in [5.74, 6) is 0. The van der Waals surface area contributed by atoms with Crippen molar-refractivity contribution in [2.45, 2.75) is 31.1 Å². The van der Waals surface area contributed by atoms with Gasteiger partial charge in [-0.1, -0.05) is 0 Å². The summed E-state index contributed by atoms with van der Waals surface area (Å²) >= 11 is 0. The van der Waals surface area contributed by atoms with Gasteiger partial charge in [-0.25, -0.2) is 0 Å². The molecule has 0 amide bonds. The van der Waals surface area contributed by atoms with E-state index in [0.29, 0.717) is 18.2 Å². The fraction of sp³-hybridized carbons (Fsp3) is 1.00. The van der Waals surface area contributed by atoms with Crippen LogP contribution in [0.1, 0.15) is 12.8 Å². The van der Waals surface area contributed by atoms with Crippen molar-refractivity contribution in [3.8, 4) is 0 Å². The Kier molecular flexibility index (Phi) is 1.87. The molecule has 1 aliphatic carbocycles. The maximum Gasteiger partial charge on any atom is 0.101 e. The largest absolute Gasteiger partial charge is 0.379 e. The molecule has 2 fully saturated rings. The lowest BCUT2D eigenvalue weighted by Crippen LogP contribution is -2.32. The van der Waals surface area contributed by atoms with Gasteiger partial charge >= 0.3 is 0 Å². The molecule has 0 bridgehead atoms. The van der Waals surface area contributed by atoms with Gasteiger partial charge in [0.1, 0.15) is 6.10 Å². The van der Waals surface area contributed by atoms with E-state index < -0.39 is 0 Å². The zero-order valence-corrected chi connectivity index (χ0v) is 7.12. The number of ether oxygens (including phenoxy) is 2. The number of hydrogen-bond donors (Lipinski definition) is 0. The van der Waals surface area contributed by atoms with Crippen LogP contribution < -0.4 is 0 Å². The first-order chi connectivity index (χ1) is 5.33. The van der Waals surface area contributed by atoms with Gasteiger partial charge in [0.25, 0.3) is 0 Å². The van der Waals surface area contributed by atoms with Crippen molar-refractivity contribution in [2.24, 2.45) is 0 Å². The van der Waals surface area contributed by atoms with E-state index in [9.17, 15) is 0 Å². The first-order valence-corrected chi connectivity index (χ1v) is 4.17. The van der Waals surface area contributed by atoms with E-state index in [4.69, 9.17) is 9.47 Å². The highest BCUT2D eigenvalue weighted by Gasteiger charge is 2.43. The van der Waals surface area contributed by atoms with Crippen molar-refractivity contribution in [3.63, 3.8) is 0 Å². The lowest BCUT2D eigenvalue weighted by atomic mass is 10.2. The van der Waals surface area contributed by atoms with Crippen LogP contribution in [0.5, 0.6) is 0 Å². The van der Waals surface area contributed by atoms with Crippen LogP contribution in [0.2, 0.25) is 0 Å². The highest BCUT2D eigenvalue weighted by molar-refractivity contribution is 4.94. The fourth-order valence-corrected chi connectivity index (χ4v) is 2.15. The van der Waals surface area contributed by atoms with Gasteiger partial charge in [0.05, 0.1) is 12.8 Å². The number of likely N-dealkylation sites (N-methyl/N-ethyl adjacent to an activating group) is 1. The highest BCUT2D eigenvalue weighted by atomic mass is 16.6. The van der Waals surface area contributed by atoms with Gasteiger partial charge in [-0.05, 0) is 19.9 Å². The Morgan fingerprint density at radius 3 is 3.00 bits per heavy atom. The summed E-state index contributed by atoms with van der Waals surface area (Å²) in [6.45, 7) is 0.773. The molecule has 3 nitrogen and oxygen atoms in total. The second-order valence-corrected chi connectivity index (χ2v) is 3.44. The Bertz CT molecular complexity index is 151. The van der Waals surface area contributed by atoms with Crippen LogP contribution >= 0.6 is 0 Å². The van der Waals surface area contributed by atoms with Gasteiger partial charge in [-0.3, -0.25) is 4.90 Å². The zero-order valence-electron chi connectivity index (χ0n) is 7.12. The minimum atomic E-state index is 0.338. The Hall–Kier alpha value is -0.120. The molecule has 0 aromatic rings. The van der Waals surface area contributed by atoms with Gasteiger partial charge in [0, 0.05) is 13.2 Å². The first-order valence-electron chi connectivity index (χ1n) is 4.17. The molecule has 2 aliphatic rings. The summed E-state index contributed by atoms with van der Waals surface area (Å²) in [5.41, 5.74) is 0. The van der Waals surface area contributed by atoms with E-state index in [1.165, 1.54) is 6.42 Å². The van der Waals surface area contributed by atoms with Gasteiger partial charge in [-0.15, -0.1) is 0 Å². The molecule has 0 aromatic heterocycles. The molecule has 2 rings (SSSR count). The fourth-order valence-electron chi connectivity index (χ4n) is 2.15. The molecular weight excluding hydrogens is 142 g/mol. The van der Waals surface area contributed by atoms with Gasteiger partial charge in [0.2, 0.25) is 0 Å². The van der Waals surface area contributed by atoms with Crippen LogP contribution in [0.25, 0.3) is 0 Å². The molecule has 3 heteroatoms. The summed E-state index contributed by atoms with van der Waals surface area (Å²) in [4.78, 5) is 2.27. The molecule has 3 atom stereocenters. The number of fused-ring (bicyclic) bond motifs is 1. The zero-order chi connectivity index (χ0) is 7.84. The lowest BCUT2D eigenvalue weighted by Gasteiger charge is -2.16. The van der Waals surface area contributed by atoms with Gasteiger partial charge < -0.3 is 9.47 Å². The van der Waals surface area contributed by atoms with Crippen LogP contribution in [-0.4, -0.2) is 44.0 Å². The Morgan fingerprint density at radius 1 is 1.45 bits per heavy atom. The van der Waals surface area contributed by atoms with Crippen molar-refractivity contribution in [1.82, 2.24) is 4.90 Å². The van der Waals surface area contributed by atoms with E-state index in [1.54, 1.807) is 7.11 Å². The second kappa shape index (κ2) is 2.73. The smallest absolute Gasteiger partial charge is 0.101 e. The summed E-state index contributed by atoms with van der Waals surface area (Å²) in [6, 6.07) is 0.611. The molecule has 0 N–H and O–H groups in total. The molecule has 1 saturated heterocycles. The van der Waals surface area contributed by atoms with Crippen molar-refractivity contribution in [1.29, 1.82) is 0 Å². The molecule has 0 spiro atoms. The monoisotopic (exact) mass is 157 g/mol. The molecule has 1 heterocycles. The standard InChI is InChI=1S/C8H15NO2/c1-9-5-11-8-6(9)3-4-7(8)10-2/h6-8H,3-5H2,1-2H3. The summed E-state index contributed by atoms with van der Waals surface area (Å²) in [5, 5.41) is 0. The number of hydrogen-bond acceptors (Lipinski definition) is 3. The highest BCUT2D eigenvalue weighted by Crippen LogP contribution is 2.32. The number of methoxy groups -OCH3 is 1. The molecule has 64 valence electrons. The molecular formula is C8H15NO2. The minimum Gasteiger partial charge on any atom is -0.379 e. The normalized spacial score (nSPS) is 44.7. The molecule has 3 unspecified atom stereocenters. The third-order valence-corrected chi connectivity index (χ3v) is 2.83. The average molecular weight is 157 g/mol. The Labute approximate surface area is 67.3 Å². The first kappa shape index (κ1) is 7.53. The van der Waals surface area contributed by atoms with Crippen molar-refractivity contribution in [2.75, 3.05) is 20.9 Å². The third-order valence-electron chi connectivity index (χ3n) is 2.83. The Morgan fingerprint density at radius 2 is 2.27 bits per heavy atom. The Balaban J connectivity index is 2.04. The molecule has 1 aliphatic heterocycles. The number of nitrogens with zero attached hydrogens (tertiary/aromatic N) is 1. The summed E-state index contributed by atoms with van der Waals surface area (Å²) in [7, 11) is 3.89. The maximum absolute atomic E-state index is 5.59. The van der Waals surface area contributed by atoms with Crippen LogP contribution in [-0.2, 0) is 9.47 Å². The van der Waals surface area contributed by atoms with E-state index in [0.717, 1.165) is 13.2 Å². The predicted octanol–water partition coefficient (Wildman–Crippen LogP) is 0.452. The van der Waals surface area contributed by atoms with Crippen LogP contribution in [0.4, 0.5) is 0 Å². The second-order valence-electron chi connectivity index (χ2n) is 3.44. The third kappa shape index (κ3) is 1.08. The van der Waals surface area contributed by atoms with Crippen molar-refractivity contribution in [3.05, 3.63) is 0 Å². The van der Waals surface area contributed by atoms with Crippen LogP contribution in [0, 0.1) is 0 Å². The van der Waals surface area contributed by atoms with E-state index in [2.05, 4.69) is 11.9 Å². The van der Waals surface area contributed by atoms with Crippen molar-refractivity contribution >= 4 is 0 Å². The number of rotatable bonds is 1. The average Bonchev–Trinajstić information content (AvgIpc) is 2.53. The quantitative estimate of drug-likeness (QED) is 0.551. The maximum atomic E-state index is 5.59. The molecule has 11 heavy (non-hydrogen) atoms. The van der Waals surface area contributed by atoms with Gasteiger partial charge in [-0.2, -0.15) is 0 Å². The molecule has 1 saturated carbocycles. The van der Waals surface area contributed by atoms with Gasteiger partial charge in [0.15, 0.2) is 0 Å². The predicted molar refractivity (Wildman–Crippen MR) is 41.3 cm³/mol. The van der Waals surface area contributed by atoms with E-state index in [1.807, 2.05) is 0 Å². The lowest BCUT2D eigenvalue weighted by molar-refractivity contribution is -0.0159. The van der Waals surface area contributed by atoms with Crippen molar-refractivity contribution < 1.29 is 9.47 Å². The van der Waals surface area contributed by atoms with E-state index >= 15 is 0 Å². The minimum absolute atomic E-state index is 0.338. The summed E-state index contributed by atoms with van der Waals surface area (Å²) in [6.07, 6.45) is 3.05. The van der Waals surface area contributed by atoms with Crippen LogP contribution in [0.3, 0.4) is 0 Å².